The zero-order valence-electron chi connectivity index (χ0n) is 13.2. The predicted molar refractivity (Wildman–Crippen MR) is 90.9 cm³/mol. The van der Waals surface area contributed by atoms with Crippen LogP contribution in [0, 0.1) is 0 Å². The number of carbonyl (C=O) groups is 1. The maximum absolute atomic E-state index is 11.7. The van der Waals surface area contributed by atoms with Crippen LogP contribution in [-0.2, 0) is 4.79 Å². The van der Waals surface area contributed by atoms with Gasteiger partial charge in [0.25, 0.3) is 0 Å². The van der Waals surface area contributed by atoms with E-state index < -0.39 is 0 Å². The molecular weight excluding hydrogens is 268 g/mol. The van der Waals surface area contributed by atoms with Crippen molar-refractivity contribution in [1.29, 1.82) is 0 Å². The second kappa shape index (κ2) is 13.3. The number of unbranched alkanes of at least 4 members (excludes halogenated alkanes) is 8. The van der Waals surface area contributed by atoms with Crippen LogP contribution >= 0.6 is 12.2 Å². The Balaban J connectivity index is 3.41. The van der Waals surface area contributed by atoms with E-state index in [1.807, 2.05) is 6.92 Å². The number of hydrogen-bond donors (Lipinski definition) is 2. The highest BCUT2D eigenvalue weighted by molar-refractivity contribution is 7.80. The Hall–Kier alpha value is -0.640. The minimum Gasteiger partial charge on any atom is -0.392 e. The molecule has 0 fully saturated rings. The van der Waals surface area contributed by atoms with Crippen LogP contribution in [0.3, 0.4) is 0 Å². The zero-order valence-corrected chi connectivity index (χ0v) is 14.1. The van der Waals surface area contributed by atoms with Crippen molar-refractivity contribution in [3.05, 3.63) is 0 Å². The molecule has 0 heterocycles. The molecular formula is C16H32N2OS. The van der Waals surface area contributed by atoms with Gasteiger partial charge in [0.15, 0.2) is 0 Å². The number of carbonyl (C=O) groups excluding carboxylic acids is 1. The second-order valence-corrected chi connectivity index (χ2v) is 5.98. The lowest BCUT2D eigenvalue weighted by Gasteiger charge is -2.15. The molecule has 0 aromatic heterocycles. The Morgan fingerprint density at radius 3 is 1.95 bits per heavy atom. The maximum Gasteiger partial charge on any atom is 0.220 e. The molecule has 4 heteroatoms. The first kappa shape index (κ1) is 19.4. The fourth-order valence-electron chi connectivity index (χ4n) is 2.24. The lowest BCUT2D eigenvalue weighted by atomic mass is 10.1. The first-order valence-corrected chi connectivity index (χ1v) is 8.61. The molecule has 0 spiro atoms. The minimum atomic E-state index is -0.143. The van der Waals surface area contributed by atoms with Crippen molar-refractivity contribution >= 4 is 23.1 Å². The molecule has 0 bridgehead atoms. The van der Waals surface area contributed by atoms with Crippen LogP contribution in [0.15, 0.2) is 0 Å². The van der Waals surface area contributed by atoms with E-state index in [4.69, 9.17) is 18.0 Å². The summed E-state index contributed by atoms with van der Waals surface area (Å²) < 4.78 is 0. The third-order valence-corrected chi connectivity index (χ3v) is 3.88. The summed E-state index contributed by atoms with van der Waals surface area (Å²) in [7, 11) is 0. The molecule has 0 rings (SSSR count). The molecule has 0 radical (unpaired) electrons. The number of amides is 1. The van der Waals surface area contributed by atoms with E-state index in [1.165, 1.54) is 44.9 Å². The van der Waals surface area contributed by atoms with Crippen LogP contribution in [0.2, 0.25) is 0 Å². The quantitative estimate of drug-likeness (QED) is 0.398. The summed E-state index contributed by atoms with van der Waals surface area (Å²) >= 11 is 4.91. The second-order valence-electron chi connectivity index (χ2n) is 5.51. The summed E-state index contributed by atoms with van der Waals surface area (Å²) in [5.41, 5.74) is 5.56. The molecule has 3 nitrogen and oxygen atoms in total. The van der Waals surface area contributed by atoms with Crippen LogP contribution in [-0.4, -0.2) is 16.9 Å². The number of nitrogens with one attached hydrogen (secondary N) is 1. The molecule has 20 heavy (non-hydrogen) atoms. The molecule has 0 aliphatic rings. The standard InChI is InChI=1S/C16H32N2OS/c1-3-5-6-7-8-9-10-11-12-13-15(19)18-14(4-2)16(17)20/h14H,3-13H2,1-2H3,(H2,17,20)(H,18,19). The third-order valence-electron chi connectivity index (χ3n) is 3.59. The average molecular weight is 301 g/mol. The fraction of sp³-hybridized carbons (Fsp3) is 0.875. The molecule has 0 aromatic rings. The Morgan fingerprint density at radius 2 is 1.50 bits per heavy atom. The molecule has 118 valence electrons. The Labute approximate surface area is 130 Å². The molecule has 0 aliphatic carbocycles. The van der Waals surface area contributed by atoms with E-state index in [0.717, 1.165) is 19.3 Å². The summed E-state index contributed by atoms with van der Waals surface area (Å²) in [4.78, 5) is 12.1. The monoisotopic (exact) mass is 300 g/mol. The topological polar surface area (TPSA) is 55.1 Å². The van der Waals surface area contributed by atoms with Gasteiger partial charge in [0, 0.05) is 6.42 Å². The molecule has 1 amide bonds. The number of thiocarbonyl (C=S) groups is 1. The molecule has 1 unspecified atom stereocenters. The predicted octanol–water partition coefficient (Wildman–Crippen LogP) is 4.09. The maximum atomic E-state index is 11.7. The first-order chi connectivity index (χ1) is 9.61. The molecule has 0 saturated heterocycles. The summed E-state index contributed by atoms with van der Waals surface area (Å²) in [6, 6.07) is -0.143. The lowest BCUT2D eigenvalue weighted by Crippen LogP contribution is -2.42. The van der Waals surface area contributed by atoms with Crippen molar-refractivity contribution in [2.75, 3.05) is 0 Å². The first-order valence-electron chi connectivity index (χ1n) is 8.20. The van der Waals surface area contributed by atoms with Gasteiger partial charge >= 0.3 is 0 Å². The SMILES string of the molecule is CCCCCCCCCCCC(=O)NC(CC)C(N)=S. The van der Waals surface area contributed by atoms with Crippen molar-refractivity contribution in [2.45, 2.75) is 90.5 Å². The van der Waals surface area contributed by atoms with E-state index in [2.05, 4.69) is 12.2 Å². The minimum absolute atomic E-state index is 0.0765. The van der Waals surface area contributed by atoms with Crippen LogP contribution in [0.25, 0.3) is 0 Å². The molecule has 0 aromatic carbocycles. The fourth-order valence-corrected chi connectivity index (χ4v) is 2.46. The van der Waals surface area contributed by atoms with Crippen molar-refractivity contribution in [1.82, 2.24) is 5.32 Å². The lowest BCUT2D eigenvalue weighted by molar-refractivity contribution is -0.121. The highest BCUT2D eigenvalue weighted by Crippen LogP contribution is 2.10. The highest BCUT2D eigenvalue weighted by atomic mass is 32.1. The third kappa shape index (κ3) is 11.2. The molecule has 3 N–H and O–H groups in total. The molecule has 0 aliphatic heterocycles. The highest BCUT2D eigenvalue weighted by Gasteiger charge is 2.11. The molecule has 0 saturated carbocycles. The van der Waals surface area contributed by atoms with Crippen LogP contribution in [0.5, 0.6) is 0 Å². The summed E-state index contributed by atoms with van der Waals surface area (Å²) in [6.45, 7) is 4.22. The van der Waals surface area contributed by atoms with Gasteiger partial charge in [-0.15, -0.1) is 0 Å². The van der Waals surface area contributed by atoms with Crippen molar-refractivity contribution < 1.29 is 4.79 Å². The smallest absolute Gasteiger partial charge is 0.220 e. The van der Waals surface area contributed by atoms with E-state index in [9.17, 15) is 4.79 Å². The van der Waals surface area contributed by atoms with Crippen molar-refractivity contribution in [3.8, 4) is 0 Å². The zero-order chi connectivity index (χ0) is 15.2. The Morgan fingerprint density at radius 1 is 1.00 bits per heavy atom. The summed E-state index contributed by atoms with van der Waals surface area (Å²) in [5.74, 6) is 0.0765. The summed E-state index contributed by atoms with van der Waals surface area (Å²) in [6.07, 6.45) is 12.7. The van der Waals surface area contributed by atoms with Gasteiger partial charge in [-0.3, -0.25) is 4.79 Å². The molecule has 1 atom stereocenters. The van der Waals surface area contributed by atoms with E-state index in [0.29, 0.717) is 11.4 Å². The van der Waals surface area contributed by atoms with Crippen molar-refractivity contribution in [2.24, 2.45) is 5.73 Å². The van der Waals surface area contributed by atoms with Crippen LogP contribution in [0.1, 0.15) is 84.5 Å². The largest absolute Gasteiger partial charge is 0.392 e. The van der Waals surface area contributed by atoms with Gasteiger partial charge < -0.3 is 11.1 Å². The van der Waals surface area contributed by atoms with Gasteiger partial charge in [0.05, 0.1) is 11.0 Å². The van der Waals surface area contributed by atoms with E-state index in [-0.39, 0.29) is 11.9 Å². The number of nitrogens with two attached hydrogens (primary N) is 1. The average Bonchev–Trinajstić information content (AvgIpc) is 2.42. The summed E-state index contributed by atoms with van der Waals surface area (Å²) in [5, 5.41) is 2.89. The van der Waals surface area contributed by atoms with Gasteiger partial charge in [-0.1, -0.05) is 77.4 Å². The number of rotatable bonds is 13. The Kier molecular flexibility index (Phi) is 12.9. The van der Waals surface area contributed by atoms with Crippen molar-refractivity contribution in [3.63, 3.8) is 0 Å². The van der Waals surface area contributed by atoms with Gasteiger partial charge in [-0.05, 0) is 12.8 Å². The van der Waals surface area contributed by atoms with E-state index in [1.54, 1.807) is 0 Å². The van der Waals surface area contributed by atoms with Gasteiger partial charge in [0.2, 0.25) is 5.91 Å². The van der Waals surface area contributed by atoms with Gasteiger partial charge in [-0.25, -0.2) is 0 Å². The Bertz CT molecular complexity index is 269. The normalized spacial score (nSPS) is 12.1. The number of hydrogen-bond acceptors (Lipinski definition) is 2. The van der Waals surface area contributed by atoms with Crippen LogP contribution in [0.4, 0.5) is 0 Å². The van der Waals surface area contributed by atoms with Gasteiger partial charge in [0.1, 0.15) is 0 Å². The van der Waals surface area contributed by atoms with Crippen LogP contribution < -0.4 is 11.1 Å². The van der Waals surface area contributed by atoms with E-state index >= 15 is 0 Å². The van der Waals surface area contributed by atoms with Gasteiger partial charge in [-0.2, -0.15) is 0 Å².